The van der Waals surface area contributed by atoms with Gasteiger partial charge in [0.05, 0.1) is 23.9 Å². The van der Waals surface area contributed by atoms with Crippen LogP contribution < -0.4 is 5.32 Å². The zero-order valence-electron chi connectivity index (χ0n) is 13.3. The van der Waals surface area contributed by atoms with Crippen molar-refractivity contribution < 1.29 is 13.2 Å². The molecule has 124 valence electrons. The summed E-state index contributed by atoms with van der Waals surface area (Å²) in [6, 6.07) is 1.70. The Balaban J connectivity index is 1.96. The first kappa shape index (κ1) is 17.0. The van der Waals surface area contributed by atoms with Crippen LogP contribution in [0.15, 0.2) is 12.3 Å². The number of hydrogen-bond donors (Lipinski definition) is 1. The van der Waals surface area contributed by atoms with Gasteiger partial charge in [-0.1, -0.05) is 0 Å². The van der Waals surface area contributed by atoms with E-state index in [2.05, 4.69) is 10.4 Å². The van der Waals surface area contributed by atoms with Crippen LogP contribution in [-0.2, 0) is 21.4 Å². The molecule has 1 amide bonds. The van der Waals surface area contributed by atoms with Gasteiger partial charge in [-0.15, -0.1) is 0 Å². The lowest BCUT2D eigenvalue weighted by Gasteiger charge is -2.30. The Labute approximate surface area is 131 Å². The monoisotopic (exact) mass is 328 g/mol. The molecule has 1 aliphatic heterocycles. The number of hydrogen-bond acceptors (Lipinski definition) is 4. The highest BCUT2D eigenvalue weighted by atomic mass is 32.2. The molecule has 0 aliphatic carbocycles. The van der Waals surface area contributed by atoms with E-state index in [0.717, 1.165) is 12.2 Å². The maximum Gasteiger partial charge on any atom is 0.224 e. The van der Waals surface area contributed by atoms with Crippen molar-refractivity contribution >= 4 is 15.9 Å². The number of nitrogens with zero attached hydrogens (tertiary/aromatic N) is 3. The normalized spacial score (nSPS) is 21.5. The van der Waals surface area contributed by atoms with Gasteiger partial charge in [0.2, 0.25) is 15.9 Å². The molecule has 7 nitrogen and oxygen atoms in total. The topological polar surface area (TPSA) is 84.3 Å². The SMILES string of the molecule is CCn1ccc([C@H](C)NC(=O)[C@@H]2CCCN(S(C)(=O)=O)C2)n1. The maximum absolute atomic E-state index is 12.4. The Hall–Kier alpha value is -1.41. The van der Waals surface area contributed by atoms with E-state index in [1.807, 2.05) is 30.8 Å². The number of amides is 1. The summed E-state index contributed by atoms with van der Waals surface area (Å²) >= 11 is 0. The zero-order valence-corrected chi connectivity index (χ0v) is 14.1. The lowest BCUT2D eigenvalue weighted by Crippen LogP contribution is -2.45. The third kappa shape index (κ3) is 4.07. The second kappa shape index (κ2) is 6.78. The molecule has 0 bridgehead atoms. The molecule has 1 aromatic heterocycles. The third-order valence-corrected chi connectivity index (χ3v) is 5.28. The highest BCUT2D eigenvalue weighted by Gasteiger charge is 2.30. The average molecular weight is 328 g/mol. The standard InChI is InChI=1S/C14H24N4O3S/c1-4-17-9-7-13(16-17)11(2)15-14(19)12-6-5-8-18(10-12)22(3,20)21/h7,9,11-12H,4-6,8,10H2,1-3H3,(H,15,19)/t11-,12+/m0/s1. The van der Waals surface area contributed by atoms with E-state index in [4.69, 9.17) is 0 Å². The van der Waals surface area contributed by atoms with Crippen molar-refractivity contribution in [1.82, 2.24) is 19.4 Å². The summed E-state index contributed by atoms with van der Waals surface area (Å²) in [6.45, 7) is 5.44. The van der Waals surface area contributed by atoms with Gasteiger partial charge in [-0.25, -0.2) is 12.7 Å². The Kier molecular flexibility index (Phi) is 5.23. The van der Waals surface area contributed by atoms with E-state index in [1.54, 1.807) is 0 Å². The quantitative estimate of drug-likeness (QED) is 0.864. The number of sulfonamides is 1. The Bertz CT molecular complexity index is 626. The molecule has 2 heterocycles. The predicted octanol–water partition coefficient (Wildman–Crippen LogP) is 0.752. The van der Waals surface area contributed by atoms with E-state index in [1.165, 1.54) is 10.6 Å². The molecule has 0 radical (unpaired) electrons. The van der Waals surface area contributed by atoms with E-state index in [-0.39, 0.29) is 24.4 Å². The molecular formula is C14H24N4O3S. The van der Waals surface area contributed by atoms with Crippen molar-refractivity contribution in [1.29, 1.82) is 0 Å². The van der Waals surface area contributed by atoms with Crippen molar-refractivity contribution in [3.63, 3.8) is 0 Å². The average Bonchev–Trinajstić information content (AvgIpc) is 2.95. The van der Waals surface area contributed by atoms with Crippen molar-refractivity contribution in [2.75, 3.05) is 19.3 Å². The second-order valence-corrected chi connectivity index (χ2v) is 7.77. The molecule has 8 heteroatoms. The molecule has 2 atom stereocenters. The van der Waals surface area contributed by atoms with Crippen molar-refractivity contribution in [3.05, 3.63) is 18.0 Å². The molecule has 22 heavy (non-hydrogen) atoms. The first-order valence-corrected chi connectivity index (χ1v) is 9.45. The van der Waals surface area contributed by atoms with E-state index in [9.17, 15) is 13.2 Å². The largest absolute Gasteiger partial charge is 0.348 e. The number of rotatable bonds is 5. The molecule has 1 N–H and O–H groups in total. The fourth-order valence-corrected chi connectivity index (χ4v) is 3.56. The number of piperidine rings is 1. The van der Waals surface area contributed by atoms with Gasteiger partial charge in [-0.05, 0) is 32.8 Å². The van der Waals surface area contributed by atoms with Gasteiger partial charge < -0.3 is 5.32 Å². The minimum atomic E-state index is -3.24. The van der Waals surface area contributed by atoms with Crippen molar-refractivity contribution in [2.45, 2.75) is 39.3 Å². The zero-order chi connectivity index (χ0) is 16.3. The summed E-state index contributed by atoms with van der Waals surface area (Å²) < 4.78 is 26.4. The lowest BCUT2D eigenvalue weighted by molar-refractivity contribution is -0.126. The molecule has 1 saturated heterocycles. The summed E-state index contributed by atoms with van der Waals surface area (Å²) in [5.41, 5.74) is 0.811. The van der Waals surface area contributed by atoms with E-state index in [0.29, 0.717) is 19.4 Å². The van der Waals surface area contributed by atoms with Crippen LogP contribution in [0.25, 0.3) is 0 Å². The molecule has 0 saturated carbocycles. The van der Waals surface area contributed by atoms with Gasteiger partial charge in [0, 0.05) is 25.8 Å². The summed E-state index contributed by atoms with van der Waals surface area (Å²) in [6.07, 6.45) is 4.50. The molecule has 0 aromatic carbocycles. The Morgan fingerprint density at radius 2 is 2.27 bits per heavy atom. The van der Waals surface area contributed by atoms with Crippen molar-refractivity contribution in [2.24, 2.45) is 5.92 Å². The minimum absolute atomic E-state index is 0.105. The number of aryl methyl sites for hydroxylation is 1. The molecule has 0 unspecified atom stereocenters. The summed E-state index contributed by atoms with van der Waals surface area (Å²) in [5, 5.41) is 7.32. The number of carbonyl (C=O) groups excluding carboxylic acids is 1. The molecule has 1 aromatic rings. The highest BCUT2D eigenvalue weighted by molar-refractivity contribution is 7.88. The van der Waals surface area contributed by atoms with Crippen molar-refractivity contribution in [3.8, 4) is 0 Å². The minimum Gasteiger partial charge on any atom is -0.348 e. The maximum atomic E-state index is 12.4. The fourth-order valence-electron chi connectivity index (χ4n) is 2.65. The Morgan fingerprint density at radius 1 is 1.55 bits per heavy atom. The molecule has 1 fully saturated rings. The summed E-state index contributed by atoms with van der Waals surface area (Å²) in [7, 11) is -3.24. The molecule has 2 rings (SSSR count). The van der Waals surface area contributed by atoms with Crippen LogP contribution in [0.4, 0.5) is 0 Å². The summed E-state index contributed by atoms with van der Waals surface area (Å²) in [5.74, 6) is -0.397. The van der Waals surface area contributed by atoms with Gasteiger partial charge in [0.25, 0.3) is 0 Å². The molecule has 1 aliphatic rings. The second-order valence-electron chi connectivity index (χ2n) is 5.79. The van der Waals surface area contributed by atoms with E-state index < -0.39 is 10.0 Å². The predicted molar refractivity (Wildman–Crippen MR) is 83.6 cm³/mol. The van der Waals surface area contributed by atoms with Gasteiger partial charge in [0.15, 0.2) is 0 Å². The lowest BCUT2D eigenvalue weighted by atomic mass is 9.98. The van der Waals surface area contributed by atoms with Crippen LogP contribution >= 0.6 is 0 Å². The summed E-state index contributed by atoms with van der Waals surface area (Å²) in [4.78, 5) is 12.4. The van der Waals surface area contributed by atoms with Gasteiger partial charge >= 0.3 is 0 Å². The van der Waals surface area contributed by atoms with Crippen LogP contribution in [-0.4, -0.2) is 47.8 Å². The first-order chi connectivity index (χ1) is 10.3. The van der Waals surface area contributed by atoms with Crippen LogP contribution in [0.3, 0.4) is 0 Å². The number of aromatic nitrogens is 2. The Morgan fingerprint density at radius 3 is 2.86 bits per heavy atom. The van der Waals surface area contributed by atoms with Crippen LogP contribution in [0, 0.1) is 5.92 Å². The van der Waals surface area contributed by atoms with E-state index >= 15 is 0 Å². The van der Waals surface area contributed by atoms with Crippen LogP contribution in [0.1, 0.15) is 38.4 Å². The smallest absolute Gasteiger partial charge is 0.224 e. The first-order valence-electron chi connectivity index (χ1n) is 7.60. The number of carbonyl (C=O) groups is 1. The molecule has 0 spiro atoms. The van der Waals surface area contributed by atoms with Crippen LogP contribution in [0.2, 0.25) is 0 Å². The number of nitrogens with one attached hydrogen (secondary N) is 1. The van der Waals surface area contributed by atoms with Gasteiger partial charge in [-0.2, -0.15) is 5.10 Å². The van der Waals surface area contributed by atoms with Gasteiger partial charge in [0.1, 0.15) is 0 Å². The van der Waals surface area contributed by atoms with Gasteiger partial charge in [-0.3, -0.25) is 9.48 Å². The third-order valence-electron chi connectivity index (χ3n) is 4.01. The fraction of sp³-hybridized carbons (Fsp3) is 0.714. The molecular weight excluding hydrogens is 304 g/mol. The highest BCUT2D eigenvalue weighted by Crippen LogP contribution is 2.20. The van der Waals surface area contributed by atoms with Crippen LogP contribution in [0.5, 0.6) is 0 Å².